The fourth-order valence-corrected chi connectivity index (χ4v) is 1.40. The van der Waals surface area contributed by atoms with E-state index in [1.165, 1.54) is 0 Å². The maximum atomic E-state index is 5.62. The van der Waals surface area contributed by atoms with Crippen molar-refractivity contribution in [2.24, 2.45) is 0 Å². The summed E-state index contributed by atoms with van der Waals surface area (Å²) in [7, 11) is 1.63. The Kier molecular flexibility index (Phi) is 3.77. The molecule has 4 nitrogen and oxygen atoms in total. The van der Waals surface area contributed by atoms with E-state index in [0.717, 1.165) is 11.3 Å². The number of halogens is 1. The Hall–Kier alpha value is -1.81. The molecule has 0 fully saturated rings. The van der Waals surface area contributed by atoms with Crippen molar-refractivity contribution >= 4 is 11.6 Å². The van der Waals surface area contributed by atoms with E-state index in [2.05, 4.69) is 10.2 Å². The molecule has 0 unspecified atom stereocenters. The molecule has 0 radical (unpaired) electrons. The van der Waals surface area contributed by atoms with Crippen molar-refractivity contribution in [2.45, 2.75) is 6.61 Å². The van der Waals surface area contributed by atoms with Crippen molar-refractivity contribution in [1.82, 2.24) is 10.2 Å². The predicted octanol–water partition coefficient (Wildman–Crippen LogP) is 2.72. The molecule has 0 amide bonds. The van der Waals surface area contributed by atoms with Crippen LogP contribution in [0.5, 0.6) is 11.6 Å². The summed E-state index contributed by atoms with van der Waals surface area (Å²) in [4.78, 5) is 0. The van der Waals surface area contributed by atoms with Crippen molar-refractivity contribution < 1.29 is 9.47 Å². The van der Waals surface area contributed by atoms with E-state index in [0.29, 0.717) is 17.6 Å². The summed E-state index contributed by atoms with van der Waals surface area (Å²) in [5.74, 6) is 1.24. The van der Waals surface area contributed by atoms with E-state index in [1.807, 2.05) is 24.3 Å². The monoisotopic (exact) mass is 250 g/mol. The third-order valence-corrected chi connectivity index (χ3v) is 2.33. The highest BCUT2D eigenvalue weighted by atomic mass is 35.5. The summed E-state index contributed by atoms with van der Waals surface area (Å²) in [5, 5.41) is 7.84. The third-order valence-electron chi connectivity index (χ3n) is 2.13. The normalized spacial score (nSPS) is 10.0. The molecule has 0 atom stereocenters. The third kappa shape index (κ3) is 3.32. The van der Waals surface area contributed by atoms with Gasteiger partial charge in [-0.3, -0.25) is 0 Å². The Labute approximate surface area is 104 Å². The van der Waals surface area contributed by atoms with Crippen molar-refractivity contribution in [2.75, 3.05) is 7.11 Å². The average molecular weight is 251 g/mol. The summed E-state index contributed by atoms with van der Waals surface area (Å²) in [6, 6.07) is 11.0. The van der Waals surface area contributed by atoms with Gasteiger partial charge in [0, 0.05) is 6.07 Å². The van der Waals surface area contributed by atoms with E-state index in [1.54, 1.807) is 19.2 Å². The average Bonchev–Trinajstić information content (AvgIpc) is 2.38. The minimum Gasteiger partial charge on any atom is -0.497 e. The number of benzene rings is 1. The first kappa shape index (κ1) is 11.7. The van der Waals surface area contributed by atoms with Gasteiger partial charge in [-0.2, -0.15) is 0 Å². The van der Waals surface area contributed by atoms with Gasteiger partial charge in [-0.1, -0.05) is 23.7 Å². The predicted molar refractivity (Wildman–Crippen MR) is 64.4 cm³/mol. The van der Waals surface area contributed by atoms with Crippen molar-refractivity contribution in [3.8, 4) is 11.6 Å². The van der Waals surface area contributed by atoms with Crippen LogP contribution in [0.2, 0.25) is 5.15 Å². The lowest BCUT2D eigenvalue weighted by atomic mass is 10.2. The summed E-state index contributed by atoms with van der Waals surface area (Å²) < 4.78 is 10.6. The van der Waals surface area contributed by atoms with Crippen LogP contribution < -0.4 is 9.47 Å². The second-order valence-electron chi connectivity index (χ2n) is 3.33. The number of hydrogen-bond donors (Lipinski definition) is 0. The second kappa shape index (κ2) is 5.50. The minimum absolute atomic E-state index is 0.346. The molecule has 0 aliphatic carbocycles. The van der Waals surface area contributed by atoms with E-state index in [-0.39, 0.29) is 0 Å². The molecule has 0 N–H and O–H groups in total. The fraction of sp³-hybridized carbons (Fsp3) is 0.167. The lowest BCUT2D eigenvalue weighted by molar-refractivity contribution is 0.289. The number of rotatable bonds is 4. The summed E-state index contributed by atoms with van der Waals surface area (Å²) in [5.41, 5.74) is 1.00. The van der Waals surface area contributed by atoms with Crippen LogP contribution >= 0.6 is 11.6 Å². The molecule has 1 aromatic heterocycles. The summed E-state index contributed by atoms with van der Waals surface area (Å²) >= 11 is 5.62. The smallest absolute Gasteiger partial charge is 0.233 e. The SMILES string of the molecule is COc1cccc(COc2ccc(Cl)nn2)c1. The van der Waals surface area contributed by atoms with Crippen molar-refractivity contribution in [3.63, 3.8) is 0 Å². The number of ether oxygens (including phenoxy) is 2. The Balaban J connectivity index is 1.99. The fourth-order valence-electron chi connectivity index (χ4n) is 1.30. The highest BCUT2D eigenvalue weighted by Crippen LogP contribution is 2.15. The number of aromatic nitrogens is 2. The summed E-state index contributed by atoms with van der Waals surface area (Å²) in [6.07, 6.45) is 0. The van der Waals surface area contributed by atoms with Gasteiger partial charge >= 0.3 is 0 Å². The highest BCUT2D eigenvalue weighted by Gasteiger charge is 1.99. The molecule has 0 saturated heterocycles. The van der Waals surface area contributed by atoms with Crippen LogP contribution in [0.4, 0.5) is 0 Å². The van der Waals surface area contributed by atoms with Gasteiger partial charge in [0.1, 0.15) is 12.4 Å². The molecule has 2 aromatic rings. The summed E-state index contributed by atoms with van der Waals surface area (Å²) in [6.45, 7) is 0.410. The van der Waals surface area contributed by atoms with Gasteiger partial charge < -0.3 is 9.47 Å². The van der Waals surface area contributed by atoms with Gasteiger partial charge in [0.25, 0.3) is 0 Å². The standard InChI is InChI=1S/C12H11ClN2O2/c1-16-10-4-2-3-9(7-10)8-17-12-6-5-11(13)14-15-12/h2-7H,8H2,1H3. The van der Waals surface area contributed by atoms with Crippen molar-refractivity contribution in [1.29, 1.82) is 0 Å². The lowest BCUT2D eigenvalue weighted by Gasteiger charge is -2.06. The van der Waals surface area contributed by atoms with Crippen LogP contribution in [-0.2, 0) is 6.61 Å². The number of methoxy groups -OCH3 is 1. The Morgan fingerprint density at radius 2 is 2.06 bits per heavy atom. The lowest BCUT2D eigenvalue weighted by Crippen LogP contribution is -1.98. The zero-order chi connectivity index (χ0) is 12.1. The molecule has 0 aliphatic rings. The van der Waals surface area contributed by atoms with Crippen LogP contribution in [0.15, 0.2) is 36.4 Å². The van der Waals surface area contributed by atoms with Gasteiger partial charge in [-0.05, 0) is 23.8 Å². The molecular formula is C12H11ClN2O2. The van der Waals surface area contributed by atoms with E-state index >= 15 is 0 Å². The van der Waals surface area contributed by atoms with Crippen LogP contribution in [0.3, 0.4) is 0 Å². The molecule has 0 spiro atoms. The van der Waals surface area contributed by atoms with E-state index < -0.39 is 0 Å². The van der Waals surface area contributed by atoms with Gasteiger partial charge in [-0.25, -0.2) is 0 Å². The molecule has 1 aromatic carbocycles. The van der Waals surface area contributed by atoms with Crippen molar-refractivity contribution in [3.05, 3.63) is 47.1 Å². The molecule has 0 bridgehead atoms. The second-order valence-corrected chi connectivity index (χ2v) is 3.72. The van der Waals surface area contributed by atoms with Gasteiger partial charge in [0.05, 0.1) is 7.11 Å². The van der Waals surface area contributed by atoms with Gasteiger partial charge in [0.15, 0.2) is 5.15 Å². The maximum absolute atomic E-state index is 5.62. The minimum atomic E-state index is 0.346. The first-order chi connectivity index (χ1) is 8.28. The van der Waals surface area contributed by atoms with Crippen LogP contribution in [-0.4, -0.2) is 17.3 Å². The quantitative estimate of drug-likeness (QED) is 0.837. The zero-order valence-corrected chi connectivity index (χ0v) is 10.0. The molecule has 0 aliphatic heterocycles. The Morgan fingerprint density at radius 3 is 2.76 bits per heavy atom. The topological polar surface area (TPSA) is 44.2 Å². The molecule has 1 heterocycles. The Bertz CT molecular complexity index is 488. The Morgan fingerprint density at radius 1 is 1.18 bits per heavy atom. The molecular weight excluding hydrogens is 240 g/mol. The van der Waals surface area contributed by atoms with E-state index in [4.69, 9.17) is 21.1 Å². The molecule has 0 saturated carbocycles. The highest BCUT2D eigenvalue weighted by molar-refractivity contribution is 6.29. The number of nitrogens with zero attached hydrogens (tertiary/aromatic N) is 2. The molecule has 88 valence electrons. The van der Waals surface area contributed by atoms with Crippen LogP contribution in [0.1, 0.15) is 5.56 Å². The molecule has 2 rings (SSSR count). The van der Waals surface area contributed by atoms with Crippen LogP contribution in [0, 0.1) is 0 Å². The largest absolute Gasteiger partial charge is 0.497 e. The maximum Gasteiger partial charge on any atom is 0.233 e. The van der Waals surface area contributed by atoms with E-state index in [9.17, 15) is 0 Å². The molecule has 5 heteroatoms. The van der Waals surface area contributed by atoms with Gasteiger partial charge in [0.2, 0.25) is 5.88 Å². The number of hydrogen-bond acceptors (Lipinski definition) is 4. The van der Waals surface area contributed by atoms with Gasteiger partial charge in [-0.15, -0.1) is 10.2 Å². The van der Waals surface area contributed by atoms with Crippen LogP contribution in [0.25, 0.3) is 0 Å². The first-order valence-corrected chi connectivity index (χ1v) is 5.40. The zero-order valence-electron chi connectivity index (χ0n) is 9.26. The molecule has 17 heavy (non-hydrogen) atoms. The first-order valence-electron chi connectivity index (χ1n) is 5.03.